The summed E-state index contributed by atoms with van der Waals surface area (Å²) in [6.07, 6.45) is 0.748. The fraction of sp³-hybridized carbons (Fsp3) is 0.320. The van der Waals surface area contributed by atoms with Crippen molar-refractivity contribution in [2.75, 3.05) is 25.1 Å². The molecule has 0 bridgehead atoms. The normalized spacial score (nSPS) is 10.8. The van der Waals surface area contributed by atoms with Crippen molar-refractivity contribution < 1.29 is 18.8 Å². The predicted octanol–water partition coefficient (Wildman–Crippen LogP) is 4.99. The minimum absolute atomic E-state index is 0.182. The lowest BCUT2D eigenvalue weighted by atomic mass is 10.1. The average Bonchev–Trinajstić information content (AvgIpc) is 3.14. The third-order valence-corrected chi connectivity index (χ3v) is 6.12. The van der Waals surface area contributed by atoms with Gasteiger partial charge in [0.1, 0.15) is 5.76 Å². The summed E-state index contributed by atoms with van der Waals surface area (Å²) in [5.41, 5.74) is 3.52. The molecule has 0 atom stereocenters. The summed E-state index contributed by atoms with van der Waals surface area (Å²) < 4.78 is 10.5. The van der Waals surface area contributed by atoms with Gasteiger partial charge < -0.3 is 19.9 Å². The Labute approximate surface area is 198 Å². The lowest BCUT2D eigenvalue weighted by Gasteiger charge is -2.11. The number of carbonyl (C=O) groups excluding carboxylic acids is 2. The van der Waals surface area contributed by atoms with E-state index in [0.29, 0.717) is 42.3 Å². The van der Waals surface area contributed by atoms with Gasteiger partial charge in [-0.15, -0.1) is 11.8 Å². The molecule has 0 aliphatic rings. The summed E-state index contributed by atoms with van der Waals surface area (Å²) in [6, 6.07) is 14.4. The zero-order chi connectivity index (χ0) is 23.6. The van der Waals surface area contributed by atoms with Gasteiger partial charge in [-0.25, -0.2) is 0 Å². The lowest BCUT2D eigenvalue weighted by molar-refractivity contribution is 0.0943. The Kier molecular flexibility index (Phi) is 9.09. The molecule has 1 aromatic heterocycles. The van der Waals surface area contributed by atoms with Gasteiger partial charge in [-0.05, 0) is 57.5 Å². The summed E-state index contributed by atoms with van der Waals surface area (Å²) in [5, 5.41) is 9.77. The van der Waals surface area contributed by atoms with Crippen LogP contribution in [0.15, 0.2) is 57.9 Å². The van der Waals surface area contributed by atoms with Gasteiger partial charge in [-0.3, -0.25) is 9.59 Å². The van der Waals surface area contributed by atoms with Crippen LogP contribution in [0, 0.1) is 13.8 Å². The number of aryl methyl sites for hydroxylation is 2. The molecule has 3 aromatic rings. The molecule has 0 spiro atoms. The van der Waals surface area contributed by atoms with E-state index >= 15 is 0 Å². The van der Waals surface area contributed by atoms with E-state index in [-0.39, 0.29) is 11.8 Å². The van der Waals surface area contributed by atoms with Crippen molar-refractivity contribution >= 4 is 29.3 Å². The van der Waals surface area contributed by atoms with Crippen molar-refractivity contribution in [3.63, 3.8) is 0 Å². The van der Waals surface area contributed by atoms with Crippen molar-refractivity contribution in [1.82, 2.24) is 10.5 Å². The topological polar surface area (TPSA) is 93.5 Å². The van der Waals surface area contributed by atoms with Gasteiger partial charge in [0.2, 0.25) is 0 Å². The number of rotatable bonds is 11. The van der Waals surface area contributed by atoms with Crippen LogP contribution in [0.2, 0.25) is 0 Å². The molecule has 1 heterocycles. The number of benzene rings is 2. The van der Waals surface area contributed by atoms with E-state index in [9.17, 15) is 9.59 Å². The quantitative estimate of drug-likeness (QED) is 0.305. The van der Waals surface area contributed by atoms with E-state index in [1.807, 2.05) is 39.0 Å². The molecule has 174 valence electrons. The number of nitrogens with zero attached hydrogens (tertiary/aromatic N) is 1. The van der Waals surface area contributed by atoms with Gasteiger partial charge >= 0.3 is 0 Å². The maximum absolute atomic E-state index is 13.0. The van der Waals surface area contributed by atoms with Crippen molar-refractivity contribution in [3.05, 3.63) is 76.7 Å². The third kappa shape index (κ3) is 6.94. The molecular weight excluding hydrogens is 438 g/mol. The fourth-order valence-electron chi connectivity index (χ4n) is 3.20. The maximum atomic E-state index is 13.0. The van der Waals surface area contributed by atoms with Crippen LogP contribution in [0.5, 0.6) is 0 Å². The highest BCUT2D eigenvalue weighted by atomic mass is 32.2. The number of nitrogens with one attached hydrogen (secondary N) is 2. The van der Waals surface area contributed by atoms with Gasteiger partial charge in [-0.1, -0.05) is 23.4 Å². The Morgan fingerprint density at radius 3 is 2.67 bits per heavy atom. The van der Waals surface area contributed by atoms with Gasteiger partial charge in [0, 0.05) is 47.2 Å². The Morgan fingerprint density at radius 2 is 1.91 bits per heavy atom. The molecule has 0 aliphatic heterocycles. The van der Waals surface area contributed by atoms with Crippen LogP contribution in [0.25, 0.3) is 0 Å². The van der Waals surface area contributed by atoms with E-state index in [1.54, 1.807) is 42.1 Å². The average molecular weight is 468 g/mol. The number of hydrogen-bond acceptors (Lipinski definition) is 6. The Hall–Kier alpha value is -3.10. The van der Waals surface area contributed by atoms with Crippen molar-refractivity contribution in [2.24, 2.45) is 0 Å². The van der Waals surface area contributed by atoms with E-state index in [1.165, 1.54) is 0 Å². The molecule has 2 amide bonds. The molecular formula is C25H29N3O4S. The number of ether oxygens (including phenoxy) is 1. The minimum Gasteiger partial charge on any atom is -0.382 e. The predicted molar refractivity (Wildman–Crippen MR) is 130 cm³/mol. The van der Waals surface area contributed by atoms with E-state index < -0.39 is 0 Å². The smallest absolute Gasteiger partial charge is 0.256 e. The molecule has 0 radical (unpaired) electrons. The van der Waals surface area contributed by atoms with Crippen LogP contribution >= 0.6 is 11.8 Å². The van der Waals surface area contributed by atoms with Crippen LogP contribution < -0.4 is 10.6 Å². The van der Waals surface area contributed by atoms with E-state index in [4.69, 9.17) is 9.26 Å². The summed E-state index contributed by atoms with van der Waals surface area (Å²) in [6.45, 7) is 7.54. The second-order valence-electron chi connectivity index (χ2n) is 7.43. The third-order valence-electron chi connectivity index (χ3n) is 5.02. The first-order chi connectivity index (χ1) is 16.0. The highest BCUT2D eigenvalue weighted by Gasteiger charge is 2.15. The Morgan fingerprint density at radius 1 is 1.09 bits per heavy atom. The zero-order valence-corrected chi connectivity index (χ0v) is 20.0. The summed E-state index contributed by atoms with van der Waals surface area (Å²) >= 11 is 1.56. The van der Waals surface area contributed by atoms with Gasteiger partial charge in [0.25, 0.3) is 11.8 Å². The SMILES string of the molecule is CCOCCCNC(=O)c1cccc(NC(=O)c2ccccc2SCc2c(C)noc2C)c1. The van der Waals surface area contributed by atoms with Crippen LogP contribution in [0.4, 0.5) is 5.69 Å². The Balaban J connectivity index is 1.63. The zero-order valence-electron chi connectivity index (χ0n) is 19.1. The first-order valence-electron chi connectivity index (χ1n) is 10.9. The first-order valence-corrected chi connectivity index (χ1v) is 11.9. The van der Waals surface area contributed by atoms with Crippen LogP contribution in [0.3, 0.4) is 0 Å². The van der Waals surface area contributed by atoms with Crippen molar-refractivity contribution in [2.45, 2.75) is 37.8 Å². The molecule has 2 N–H and O–H groups in total. The number of anilines is 1. The molecule has 0 fully saturated rings. The van der Waals surface area contributed by atoms with Crippen molar-refractivity contribution in [3.8, 4) is 0 Å². The van der Waals surface area contributed by atoms with Crippen LogP contribution in [0.1, 0.15) is 51.1 Å². The first kappa shape index (κ1) is 24.5. The second kappa shape index (κ2) is 12.2. The molecule has 0 unspecified atom stereocenters. The number of carbonyl (C=O) groups is 2. The van der Waals surface area contributed by atoms with Crippen LogP contribution in [-0.2, 0) is 10.5 Å². The van der Waals surface area contributed by atoms with Gasteiger partial charge in [-0.2, -0.15) is 0 Å². The standard InChI is InChI=1S/C25H29N3O4S/c1-4-31-14-8-13-26-24(29)19-9-7-10-20(15-19)27-25(30)21-11-5-6-12-23(21)33-16-22-17(2)28-32-18(22)3/h5-7,9-12,15H,4,8,13-14,16H2,1-3H3,(H,26,29)(H,27,30). The summed E-state index contributed by atoms with van der Waals surface area (Å²) in [7, 11) is 0. The number of aromatic nitrogens is 1. The van der Waals surface area contributed by atoms with Crippen molar-refractivity contribution in [1.29, 1.82) is 0 Å². The number of hydrogen-bond donors (Lipinski definition) is 2. The summed E-state index contributed by atoms with van der Waals surface area (Å²) in [5.74, 6) is 1.03. The minimum atomic E-state index is -0.230. The molecule has 8 heteroatoms. The molecule has 0 saturated heterocycles. The molecule has 7 nitrogen and oxygen atoms in total. The molecule has 33 heavy (non-hydrogen) atoms. The summed E-state index contributed by atoms with van der Waals surface area (Å²) in [4.78, 5) is 26.3. The number of thioether (sulfide) groups is 1. The van der Waals surface area contributed by atoms with Gasteiger partial charge in [0.05, 0.1) is 11.3 Å². The largest absolute Gasteiger partial charge is 0.382 e. The molecule has 0 aliphatic carbocycles. The molecule has 0 saturated carbocycles. The monoisotopic (exact) mass is 467 g/mol. The van der Waals surface area contributed by atoms with Crippen LogP contribution in [-0.4, -0.2) is 36.7 Å². The van der Waals surface area contributed by atoms with E-state index in [2.05, 4.69) is 15.8 Å². The maximum Gasteiger partial charge on any atom is 0.256 e. The van der Waals surface area contributed by atoms with Gasteiger partial charge in [0.15, 0.2) is 0 Å². The highest BCUT2D eigenvalue weighted by Crippen LogP contribution is 2.29. The van der Waals surface area contributed by atoms with E-state index in [0.717, 1.165) is 28.3 Å². The highest BCUT2D eigenvalue weighted by molar-refractivity contribution is 7.98. The molecule has 2 aromatic carbocycles. The lowest BCUT2D eigenvalue weighted by Crippen LogP contribution is -2.25. The fourth-order valence-corrected chi connectivity index (χ4v) is 4.40. The second-order valence-corrected chi connectivity index (χ2v) is 8.45. The number of amides is 2. The molecule has 3 rings (SSSR count). The Bertz CT molecular complexity index is 1080.